The summed E-state index contributed by atoms with van der Waals surface area (Å²) in [6, 6.07) is 5.94. The summed E-state index contributed by atoms with van der Waals surface area (Å²) in [5.74, 6) is 0.107. The van der Waals surface area contributed by atoms with Gasteiger partial charge in [-0.3, -0.25) is 4.79 Å². The molecule has 1 amide bonds. The van der Waals surface area contributed by atoms with Crippen molar-refractivity contribution in [2.24, 2.45) is 5.92 Å². The predicted molar refractivity (Wildman–Crippen MR) is 68.9 cm³/mol. The van der Waals surface area contributed by atoms with E-state index in [4.69, 9.17) is 0 Å². The standard InChI is InChI=1S/C14H19FN2O/c1-10-3-2-8-16-13(10)9-17-14(18)11-4-6-12(15)7-5-11/h4-7,10,13,16H,2-3,8-9H2,1H3,(H,17,18). The van der Waals surface area contributed by atoms with Crippen molar-refractivity contribution in [1.82, 2.24) is 10.6 Å². The molecular weight excluding hydrogens is 231 g/mol. The molecule has 1 aromatic carbocycles. The molecule has 2 rings (SSSR count). The Morgan fingerprint density at radius 1 is 1.44 bits per heavy atom. The van der Waals surface area contributed by atoms with Crippen LogP contribution in [0.5, 0.6) is 0 Å². The topological polar surface area (TPSA) is 41.1 Å². The van der Waals surface area contributed by atoms with Crippen molar-refractivity contribution in [2.45, 2.75) is 25.8 Å². The second kappa shape index (κ2) is 5.96. The van der Waals surface area contributed by atoms with Crippen molar-refractivity contribution in [2.75, 3.05) is 13.1 Å². The zero-order valence-corrected chi connectivity index (χ0v) is 10.6. The van der Waals surface area contributed by atoms with Crippen molar-refractivity contribution < 1.29 is 9.18 Å². The first-order chi connectivity index (χ1) is 8.66. The van der Waals surface area contributed by atoms with Gasteiger partial charge in [-0.25, -0.2) is 4.39 Å². The number of nitrogens with one attached hydrogen (secondary N) is 2. The fourth-order valence-corrected chi connectivity index (χ4v) is 2.29. The molecule has 1 saturated heterocycles. The molecule has 4 heteroatoms. The van der Waals surface area contributed by atoms with Crippen LogP contribution in [0.15, 0.2) is 24.3 Å². The van der Waals surface area contributed by atoms with Crippen molar-refractivity contribution >= 4 is 5.91 Å². The molecule has 18 heavy (non-hydrogen) atoms. The number of rotatable bonds is 3. The van der Waals surface area contributed by atoms with Crippen LogP contribution in [0.25, 0.3) is 0 Å². The quantitative estimate of drug-likeness (QED) is 0.861. The Bertz CT molecular complexity index is 405. The van der Waals surface area contributed by atoms with Crippen molar-refractivity contribution in [3.05, 3.63) is 35.6 Å². The summed E-state index contributed by atoms with van der Waals surface area (Å²) < 4.78 is 12.7. The molecule has 98 valence electrons. The first-order valence-corrected chi connectivity index (χ1v) is 6.44. The highest BCUT2D eigenvalue weighted by atomic mass is 19.1. The van der Waals surface area contributed by atoms with Crippen LogP contribution in [0.3, 0.4) is 0 Å². The minimum Gasteiger partial charge on any atom is -0.350 e. The average Bonchev–Trinajstić information content (AvgIpc) is 2.38. The number of benzene rings is 1. The van der Waals surface area contributed by atoms with E-state index in [-0.39, 0.29) is 11.7 Å². The molecule has 1 fully saturated rings. The number of hydrogen-bond acceptors (Lipinski definition) is 2. The van der Waals surface area contributed by atoms with Gasteiger partial charge in [0.2, 0.25) is 0 Å². The summed E-state index contributed by atoms with van der Waals surface area (Å²) >= 11 is 0. The van der Waals surface area contributed by atoms with Gasteiger partial charge in [0.25, 0.3) is 5.91 Å². The Hall–Kier alpha value is -1.42. The molecule has 2 atom stereocenters. The summed E-state index contributed by atoms with van der Waals surface area (Å²) in [7, 11) is 0. The molecule has 1 aliphatic rings. The Labute approximate surface area is 107 Å². The zero-order valence-electron chi connectivity index (χ0n) is 10.6. The van der Waals surface area contributed by atoms with Gasteiger partial charge < -0.3 is 10.6 Å². The van der Waals surface area contributed by atoms with Gasteiger partial charge in [0.15, 0.2) is 0 Å². The third-order valence-corrected chi connectivity index (χ3v) is 3.52. The Balaban J connectivity index is 1.86. The second-order valence-electron chi connectivity index (χ2n) is 4.90. The molecule has 1 aliphatic heterocycles. The highest BCUT2D eigenvalue weighted by Crippen LogP contribution is 2.14. The molecule has 0 aliphatic carbocycles. The van der Waals surface area contributed by atoms with Crippen LogP contribution < -0.4 is 10.6 Å². The summed E-state index contributed by atoms with van der Waals surface area (Å²) in [6.07, 6.45) is 2.40. The van der Waals surface area contributed by atoms with Crippen LogP contribution in [0.2, 0.25) is 0 Å². The summed E-state index contributed by atoms with van der Waals surface area (Å²) in [6.45, 7) is 3.83. The number of carbonyl (C=O) groups is 1. The molecule has 0 radical (unpaired) electrons. The zero-order chi connectivity index (χ0) is 13.0. The predicted octanol–water partition coefficient (Wildman–Crippen LogP) is 1.94. The maximum absolute atomic E-state index is 12.7. The lowest BCUT2D eigenvalue weighted by molar-refractivity contribution is 0.0943. The highest BCUT2D eigenvalue weighted by Gasteiger charge is 2.21. The molecule has 2 N–H and O–H groups in total. The van der Waals surface area contributed by atoms with Gasteiger partial charge in [-0.05, 0) is 49.6 Å². The third-order valence-electron chi connectivity index (χ3n) is 3.52. The number of amides is 1. The average molecular weight is 250 g/mol. The number of piperidine rings is 1. The van der Waals surface area contributed by atoms with E-state index in [1.807, 2.05) is 0 Å². The smallest absolute Gasteiger partial charge is 0.251 e. The van der Waals surface area contributed by atoms with Crippen LogP contribution in [-0.2, 0) is 0 Å². The van der Waals surface area contributed by atoms with Crippen LogP contribution >= 0.6 is 0 Å². The molecule has 3 nitrogen and oxygen atoms in total. The molecule has 0 saturated carbocycles. The molecule has 0 aromatic heterocycles. The molecule has 2 unspecified atom stereocenters. The SMILES string of the molecule is CC1CCCNC1CNC(=O)c1ccc(F)cc1. The maximum atomic E-state index is 12.7. The lowest BCUT2D eigenvalue weighted by atomic mass is 9.93. The van der Waals surface area contributed by atoms with E-state index in [0.717, 1.165) is 6.54 Å². The number of hydrogen-bond donors (Lipinski definition) is 2. The van der Waals surface area contributed by atoms with E-state index >= 15 is 0 Å². The molecule has 1 aromatic rings. The van der Waals surface area contributed by atoms with E-state index in [9.17, 15) is 9.18 Å². The van der Waals surface area contributed by atoms with Crippen LogP contribution in [-0.4, -0.2) is 25.0 Å². The first-order valence-electron chi connectivity index (χ1n) is 6.44. The summed E-state index contributed by atoms with van der Waals surface area (Å²) in [5, 5.41) is 6.30. The van der Waals surface area contributed by atoms with Crippen LogP contribution in [0, 0.1) is 11.7 Å². The Morgan fingerprint density at radius 3 is 2.83 bits per heavy atom. The fourth-order valence-electron chi connectivity index (χ4n) is 2.29. The minimum atomic E-state index is -0.325. The number of halogens is 1. The van der Waals surface area contributed by atoms with Crippen molar-refractivity contribution in [1.29, 1.82) is 0 Å². The van der Waals surface area contributed by atoms with Gasteiger partial charge in [-0.15, -0.1) is 0 Å². The lowest BCUT2D eigenvalue weighted by Gasteiger charge is -2.30. The van der Waals surface area contributed by atoms with Gasteiger partial charge in [-0.1, -0.05) is 6.92 Å². The van der Waals surface area contributed by atoms with Gasteiger partial charge in [0.05, 0.1) is 0 Å². The lowest BCUT2D eigenvalue weighted by Crippen LogP contribution is -2.47. The molecule has 0 spiro atoms. The minimum absolute atomic E-state index is 0.144. The normalized spacial score (nSPS) is 23.7. The molecule has 0 bridgehead atoms. The number of carbonyl (C=O) groups excluding carboxylic acids is 1. The highest BCUT2D eigenvalue weighted by molar-refractivity contribution is 5.94. The maximum Gasteiger partial charge on any atom is 0.251 e. The Kier molecular flexibility index (Phi) is 4.31. The van der Waals surface area contributed by atoms with E-state index < -0.39 is 0 Å². The Morgan fingerprint density at radius 2 is 2.17 bits per heavy atom. The van der Waals surface area contributed by atoms with Crippen molar-refractivity contribution in [3.63, 3.8) is 0 Å². The van der Waals surface area contributed by atoms with Gasteiger partial charge >= 0.3 is 0 Å². The fraction of sp³-hybridized carbons (Fsp3) is 0.500. The van der Waals surface area contributed by atoms with Crippen LogP contribution in [0.1, 0.15) is 30.1 Å². The van der Waals surface area contributed by atoms with Gasteiger partial charge in [0.1, 0.15) is 5.82 Å². The summed E-state index contributed by atoms with van der Waals surface area (Å²) in [4.78, 5) is 11.8. The van der Waals surface area contributed by atoms with E-state index in [1.165, 1.54) is 37.1 Å². The second-order valence-corrected chi connectivity index (χ2v) is 4.90. The molecule has 1 heterocycles. The third kappa shape index (κ3) is 3.29. The van der Waals surface area contributed by atoms with Gasteiger partial charge in [-0.2, -0.15) is 0 Å². The van der Waals surface area contributed by atoms with E-state index in [2.05, 4.69) is 17.6 Å². The van der Waals surface area contributed by atoms with E-state index in [1.54, 1.807) is 0 Å². The monoisotopic (exact) mass is 250 g/mol. The van der Waals surface area contributed by atoms with Crippen LogP contribution in [0.4, 0.5) is 4.39 Å². The largest absolute Gasteiger partial charge is 0.350 e. The first kappa shape index (κ1) is 13.0. The van der Waals surface area contributed by atoms with E-state index in [0.29, 0.717) is 24.1 Å². The van der Waals surface area contributed by atoms with Gasteiger partial charge in [0, 0.05) is 18.2 Å². The summed E-state index contributed by atoms with van der Waals surface area (Å²) in [5.41, 5.74) is 0.500. The molecular formula is C14H19FN2O. The van der Waals surface area contributed by atoms with Crippen molar-refractivity contribution in [3.8, 4) is 0 Å².